The number of ether oxygens (including phenoxy) is 1. The molecule has 5 nitrogen and oxygen atoms in total. The molecule has 29 heavy (non-hydrogen) atoms. The normalized spacial score (nSPS) is 12.0. The molecule has 3 heterocycles. The second kappa shape index (κ2) is 7.59. The van der Waals surface area contributed by atoms with Crippen molar-refractivity contribution in [2.75, 3.05) is 7.11 Å². The van der Waals surface area contributed by atoms with Crippen molar-refractivity contribution >= 4 is 23.5 Å². The fraction of sp³-hybridized carbons (Fsp3) is 0.100. The van der Waals surface area contributed by atoms with Crippen LogP contribution in [-0.4, -0.2) is 21.9 Å². The Morgan fingerprint density at radius 2 is 1.93 bits per heavy atom. The van der Waals surface area contributed by atoms with E-state index in [4.69, 9.17) is 9.15 Å². The topological polar surface area (TPSA) is 53.1 Å². The van der Waals surface area contributed by atoms with Gasteiger partial charge in [0.2, 0.25) is 5.13 Å². The highest BCUT2D eigenvalue weighted by Crippen LogP contribution is 2.34. The second-order valence-electron chi connectivity index (χ2n) is 5.96. The van der Waals surface area contributed by atoms with Crippen molar-refractivity contribution in [2.24, 2.45) is 0 Å². The van der Waals surface area contributed by atoms with Crippen LogP contribution in [0.2, 0.25) is 0 Å². The number of thiazole rings is 1. The number of hydrogen-bond acceptors (Lipinski definition) is 5. The lowest BCUT2D eigenvalue weighted by Crippen LogP contribution is -2.13. The summed E-state index contributed by atoms with van der Waals surface area (Å²) in [5.41, 5.74) is 0.582. The van der Waals surface area contributed by atoms with Gasteiger partial charge in [-0.25, -0.2) is 9.67 Å². The molecule has 4 rings (SSSR count). The molecule has 0 aliphatic rings. The van der Waals surface area contributed by atoms with Crippen molar-refractivity contribution in [1.82, 2.24) is 14.8 Å². The van der Waals surface area contributed by atoms with Crippen molar-refractivity contribution in [3.63, 3.8) is 0 Å². The lowest BCUT2D eigenvalue weighted by atomic mass is 10.2. The van der Waals surface area contributed by atoms with Crippen molar-refractivity contribution in [3.8, 4) is 22.1 Å². The predicted molar refractivity (Wildman–Crippen MR) is 104 cm³/mol. The summed E-state index contributed by atoms with van der Waals surface area (Å²) in [6.07, 6.45) is -0.0779. The number of furan rings is 1. The minimum Gasteiger partial charge on any atom is -0.497 e. The Morgan fingerprint density at radius 3 is 2.59 bits per heavy atom. The van der Waals surface area contributed by atoms with Crippen LogP contribution in [-0.2, 0) is 6.18 Å². The first-order valence-corrected chi connectivity index (χ1v) is 9.31. The van der Waals surface area contributed by atoms with Gasteiger partial charge in [0.05, 0.1) is 24.8 Å². The number of aromatic nitrogens is 3. The first-order valence-electron chi connectivity index (χ1n) is 8.43. The van der Waals surface area contributed by atoms with Gasteiger partial charge in [-0.2, -0.15) is 18.3 Å². The summed E-state index contributed by atoms with van der Waals surface area (Å²) in [6, 6.07) is 11.5. The number of benzene rings is 1. The van der Waals surface area contributed by atoms with Crippen LogP contribution in [0.15, 0.2) is 58.5 Å². The van der Waals surface area contributed by atoms with E-state index in [2.05, 4.69) is 10.1 Å². The Labute approximate surface area is 167 Å². The molecule has 0 saturated carbocycles. The smallest absolute Gasteiger partial charge is 0.433 e. The Morgan fingerprint density at radius 1 is 1.14 bits per heavy atom. The SMILES string of the molecule is COc1ccc(-c2csc(-n3nc(C=Cc4ccco4)cc3C(F)(F)F)n2)cc1. The fourth-order valence-electron chi connectivity index (χ4n) is 2.64. The summed E-state index contributed by atoms with van der Waals surface area (Å²) in [7, 11) is 1.56. The standard InChI is InChI=1S/C20H14F3N3O2S/c1-27-15-7-4-13(5-8-15)17-12-29-19(24-17)26-18(20(21,22)23)11-14(25-26)6-9-16-3-2-10-28-16/h2-12H,1H3. The van der Waals surface area contributed by atoms with E-state index in [1.54, 1.807) is 55.0 Å². The fourth-order valence-corrected chi connectivity index (χ4v) is 3.43. The van der Waals surface area contributed by atoms with Gasteiger partial charge in [-0.05, 0) is 54.6 Å². The maximum atomic E-state index is 13.5. The van der Waals surface area contributed by atoms with Gasteiger partial charge in [-0.3, -0.25) is 0 Å². The second-order valence-corrected chi connectivity index (χ2v) is 6.79. The molecule has 1 aromatic carbocycles. The maximum absolute atomic E-state index is 13.5. The number of hydrogen-bond donors (Lipinski definition) is 0. The van der Waals surface area contributed by atoms with E-state index in [0.717, 1.165) is 27.6 Å². The van der Waals surface area contributed by atoms with Gasteiger partial charge in [-0.1, -0.05) is 0 Å². The molecular formula is C20H14F3N3O2S. The van der Waals surface area contributed by atoms with E-state index < -0.39 is 11.9 Å². The highest BCUT2D eigenvalue weighted by Gasteiger charge is 2.36. The molecule has 148 valence electrons. The average molecular weight is 417 g/mol. The van der Waals surface area contributed by atoms with Crippen LogP contribution >= 0.6 is 11.3 Å². The summed E-state index contributed by atoms with van der Waals surface area (Å²) in [6.45, 7) is 0. The van der Waals surface area contributed by atoms with Crippen LogP contribution in [0, 0.1) is 0 Å². The molecule has 4 aromatic rings. The minimum atomic E-state index is -4.57. The predicted octanol–water partition coefficient (Wildman–Crippen LogP) is 5.79. The molecule has 0 fully saturated rings. The third-order valence-electron chi connectivity index (χ3n) is 4.04. The Bertz CT molecular complexity index is 1130. The highest BCUT2D eigenvalue weighted by molar-refractivity contribution is 7.12. The number of halogens is 3. The van der Waals surface area contributed by atoms with Gasteiger partial charge >= 0.3 is 6.18 Å². The zero-order valence-electron chi connectivity index (χ0n) is 15.1. The number of methoxy groups -OCH3 is 1. The van der Waals surface area contributed by atoms with Crippen LogP contribution in [0.1, 0.15) is 17.1 Å². The van der Waals surface area contributed by atoms with Crippen molar-refractivity contribution in [1.29, 1.82) is 0 Å². The van der Waals surface area contributed by atoms with Crippen LogP contribution in [0.3, 0.4) is 0 Å². The molecule has 0 unspecified atom stereocenters. The van der Waals surface area contributed by atoms with Crippen molar-refractivity contribution in [2.45, 2.75) is 6.18 Å². The minimum absolute atomic E-state index is 0.126. The summed E-state index contributed by atoms with van der Waals surface area (Å²) in [4.78, 5) is 4.34. The summed E-state index contributed by atoms with van der Waals surface area (Å²) < 4.78 is 51.7. The van der Waals surface area contributed by atoms with Gasteiger partial charge < -0.3 is 9.15 Å². The van der Waals surface area contributed by atoms with E-state index in [-0.39, 0.29) is 10.8 Å². The van der Waals surface area contributed by atoms with Gasteiger partial charge in [-0.15, -0.1) is 11.3 Å². The van der Waals surface area contributed by atoms with E-state index in [1.165, 1.54) is 12.3 Å². The maximum Gasteiger partial charge on any atom is 0.433 e. The molecule has 0 atom stereocenters. The first kappa shape index (κ1) is 19.0. The molecule has 0 aliphatic heterocycles. The van der Waals surface area contributed by atoms with Crippen LogP contribution in [0.5, 0.6) is 5.75 Å². The lowest BCUT2D eigenvalue weighted by molar-refractivity contribution is -0.142. The molecule has 3 aromatic heterocycles. The Balaban J connectivity index is 1.69. The number of alkyl halides is 3. The molecule has 0 bridgehead atoms. The molecule has 0 radical (unpaired) electrons. The summed E-state index contributed by atoms with van der Waals surface area (Å²) in [5.74, 6) is 1.20. The summed E-state index contributed by atoms with van der Waals surface area (Å²) >= 11 is 1.08. The van der Waals surface area contributed by atoms with Gasteiger partial charge in [0, 0.05) is 10.9 Å². The van der Waals surface area contributed by atoms with Gasteiger partial charge in [0.1, 0.15) is 11.5 Å². The molecule has 0 aliphatic carbocycles. The van der Waals surface area contributed by atoms with Gasteiger partial charge in [0.25, 0.3) is 0 Å². The van der Waals surface area contributed by atoms with Crippen LogP contribution in [0.25, 0.3) is 28.5 Å². The highest BCUT2D eigenvalue weighted by atomic mass is 32.1. The monoisotopic (exact) mass is 417 g/mol. The zero-order chi connectivity index (χ0) is 20.4. The molecule has 9 heteroatoms. The molecule has 0 amide bonds. The lowest BCUT2D eigenvalue weighted by Gasteiger charge is -2.07. The quantitative estimate of drug-likeness (QED) is 0.413. The van der Waals surface area contributed by atoms with E-state index >= 15 is 0 Å². The molecule has 0 N–H and O–H groups in total. The Kier molecular flexibility index (Phi) is 4.98. The molecule has 0 spiro atoms. The average Bonchev–Trinajstić information content (AvgIpc) is 3.46. The Hall–Kier alpha value is -3.33. The number of rotatable bonds is 5. The number of nitrogens with zero attached hydrogens (tertiary/aromatic N) is 3. The largest absolute Gasteiger partial charge is 0.497 e. The van der Waals surface area contributed by atoms with E-state index in [0.29, 0.717) is 17.2 Å². The third kappa shape index (κ3) is 4.09. The van der Waals surface area contributed by atoms with Crippen molar-refractivity contribution < 1.29 is 22.3 Å². The van der Waals surface area contributed by atoms with Crippen LogP contribution < -0.4 is 4.74 Å². The third-order valence-corrected chi connectivity index (χ3v) is 4.86. The van der Waals surface area contributed by atoms with Gasteiger partial charge in [0.15, 0.2) is 5.69 Å². The molecule has 0 saturated heterocycles. The summed E-state index contributed by atoms with van der Waals surface area (Å²) in [5, 5.41) is 5.89. The van der Waals surface area contributed by atoms with Crippen LogP contribution in [0.4, 0.5) is 13.2 Å². The zero-order valence-corrected chi connectivity index (χ0v) is 15.9. The van der Waals surface area contributed by atoms with Crippen molar-refractivity contribution in [3.05, 3.63) is 71.3 Å². The first-order chi connectivity index (χ1) is 13.9. The van der Waals surface area contributed by atoms with E-state index in [1.807, 2.05) is 0 Å². The molecular weight excluding hydrogens is 403 g/mol. The van der Waals surface area contributed by atoms with E-state index in [9.17, 15) is 13.2 Å².